The number of ether oxygens (including phenoxy) is 2. The number of carbonyl (C=O) groups is 1. The van der Waals surface area contributed by atoms with Crippen molar-refractivity contribution in [1.29, 1.82) is 0 Å². The number of hydrogen-bond donors (Lipinski definition) is 0. The van der Waals surface area contributed by atoms with Gasteiger partial charge in [-0.3, -0.25) is 4.79 Å². The van der Waals surface area contributed by atoms with Gasteiger partial charge in [-0.1, -0.05) is 0 Å². The van der Waals surface area contributed by atoms with E-state index >= 15 is 0 Å². The lowest BCUT2D eigenvalue weighted by molar-refractivity contribution is 0.0990. The SMILES string of the molecule is CN(C(=O)c1ccnc(O[C@H]2CCOC2)c1)c1cc(F)ccc1F. The summed E-state index contributed by atoms with van der Waals surface area (Å²) >= 11 is 0. The van der Waals surface area contributed by atoms with Crippen molar-refractivity contribution >= 4 is 11.6 Å². The van der Waals surface area contributed by atoms with Gasteiger partial charge in [-0.25, -0.2) is 13.8 Å². The molecule has 5 nitrogen and oxygen atoms in total. The van der Waals surface area contributed by atoms with Crippen LogP contribution in [0, 0.1) is 11.6 Å². The third-order valence-corrected chi connectivity index (χ3v) is 3.73. The summed E-state index contributed by atoms with van der Waals surface area (Å²) in [5, 5.41) is 0. The number of hydrogen-bond acceptors (Lipinski definition) is 4. The number of pyridine rings is 1. The second-order valence-corrected chi connectivity index (χ2v) is 5.45. The van der Waals surface area contributed by atoms with E-state index in [0.717, 1.165) is 29.5 Å². The van der Waals surface area contributed by atoms with Gasteiger partial charge < -0.3 is 14.4 Å². The van der Waals surface area contributed by atoms with Gasteiger partial charge in [-0.15, -0.1) is 0 Å². The molecule has 1 aliphatic heterocycles. The van der Waals surface area contributed by atoms with Crippen molar-refractivity contribution in [2.24, 2.45) is 0 Å². The number of anilines is 1. The lowest BCUT2D eigenvalue weighted by Gasteiger charge is -2.18. The molecule has 1 amide bonds. The van der Waals surface area contributed by atoms with Gasteiger partial charge in [0.05, 0.1) is 18.9 Å². The number of amides is 1. The molecule has 1 saturated heterocycles. The highest BCUT2D eigenvalue weighted by atomic mass is 19.1. The van der Waals surface area contributed by atoms with Gasteiger partial charge in [0, 0.05) is 37.4 Å². The number of nitrogens with zero attached hydrogens (tertiary/aromatic N) is 2. The van der Waals surface area contributed by atoms with E-state index in [9.17, 15) is 13.6 Å². The van der Waals surface area contributed by atoms with Crippen LogP contribution < -0.4 is 9.64 Å². The van der Waals surface area contributed by atoms with Crippen molar-refractivity contribution in [3.05, 3.63) is 53.7 Å². The second-order valence-electron chi connectivity index (χ2n) is 5.45. The molecule has 0 bridgehead atoms. The standard InChI is InChI=1S/C17H16F2N2O3/c1-21(15-9-12(18)2-3-14(15)19)17(22)11-4-6-20-16(8-11)24-13-5-7-23-10-13/h2-4,6,8-9,13H,5,7,10H2,1H3/t13-/m0/s1. The zero-order valence-corrected chi connectivity index (χ0v) is 13.0. The normalized spacial score (nSPS) is 16.9. The molecule has 1 aromatic carbocycles. The highest BCUT2D eigenvalue weighted by molar-refractivity contribution is 6.05. The van der Waals surface area contributed by atoms with Gasteiger partial charge in [0.15, 0.2) is 0 Å². The Morgan fingerprint density at radius 2 is 2.17 bits per heavy atom. The van der Waals surface area contributed by atoms with Crippen LogP contribution in [0.15, 0.2) is 36.5 Å². The van der Waals surface area contributed by atoms with E-state index in [1.165, 1.54) is 25.4 Å². The molecule has 0 saturated carbocycles. The Balaban J connectivity index is 1.80. The van der Waals surface area contributed by atoms with Crippen molar-refractivity contribution < 1.29 is 23.0 Å². The van der Waals surface area contributed by atoms with Crippen molar-refractivity contribution in [3.63, 3.8) is 0 Å². The summed E-state index contributed by atoms with van der Waals surface area (Å²) in [7, 11) is 1.38. The molecular weight excluding hydrogens is 318 g/mol. The fourth-order valence-corrected chi connectivity index (χ4v) is 2.43. The molecule has 3 rings (SSSR count). The van der Waals surface area contributed by atoms with Crippen LogP contribution in [0.2, 0.25) is 0 Å². The van der Waals surface area contributed by atoms with E-state index in [1.807, 2.05) is 0 Å². The lowest BCUT2D eigenvalue weighted by Crippen LogP contribution is -2.27. The van der Waals surface area contributed by atoms with Gasteiger partial charge in [-0.05, 0) is 18.2 Å². The smallest absolute Gasteiger partial charge is 0.258 e. The molecular formula is C17H16F2N2O3. The highest BCUT2D eigenvalue weighted by Gasteiger charge is 2.21. The third-order valence-electron chi connectivity index (χ3n) is 3.73. The summed E-state index contributed by atoms with van der Waals surface area (Å²) in [4.78, 5) is 17.6. The fraction of sp³-hybridized carbons (Fsp3) is 0.294. The first-order valence-electron chi connectivity index (χ1n) is 7.48. The largest absolute Gasteiger partial charge is 0.472 e. The minimum absolute atomic E-state index is 0.0961. The monoisotopic (exact) mass is 334 g/mol. The molecule has 1 fully saturated rings. The van der Waals surface area contributed by atoms with E-state index in [-0.39, 0.29) is 17.4 Å². The van der Waals surface area contributed by atoms with Crippen LogP contribution in [-0.4, -0.2) is 37.3 Å². The van der Waals surface area contributed by atoms with Gasteiger partial charge in [0.2, 0.25) is 5.88 Å². The lowest BCUT2D eigenvalue weighted by atomic mass is 10.2. The van der Waals surface area contributed by atoms with Crippen molar-refractivity contribution in [2.45, 2.75) is 12.5 Å². The Morgan fingerprint density at radius 1 is 1.33 bits per heavy atom. The molecule has 1 aliphatic rings. The molecule has 0 radical (unpaired) electrons. The van der Waals surface area contributed by atoms with E-state index in [4.69, 9.17) is 9.47 Å². The van der Waals surface area contributed by atoms with Crippen LogP contribution >= 0.6 is 0 Å². The maximum atomic E-state index is 13.8. The average molecular weight is 334 g/mol. The van der Waals surface area contributed by atoms with Gasteiger partial charge in [0.25, 0.3) is 5.91 Å². The van der Waals surface area contributed by atoms with Crippen LogP contribution in [0.3, 0.4) is 0 Å². The summed E-state index contributed by atoms with van der Waals surface area (Å²) in [6.07, 6.45) is 2.10. The van der Waals surface area contributed by atoms with E-state index in [0.29, 0.717) is 19.1 Å². The topological polar surface area (TPSA) is 51.7 Å². The van der Waals surface area contributed by atoms with Crippen LogP contribution in [0.4, 0.5) is 14.5 Å². The molecule has 0 N–H and O–H groups in total. The number of benzene rings is 1. The number of rotatable bonds is 4. The average Bonchev–Trinajstić information content (AvgIpc) is 3.09. The first-order chi connectivity index (χ1) is 11.5. The Kier molecular flexibility index (Phi) is 4.71. The minimum Gasteiger partial charge on any atom is -0.472 e. The molecule has 7 heteroatoms. The minimum atomic E-state index is -0.680. The molecule has 1 atom stereocenters. The van der Waals surface area contributed by atoms with Gasteiger partial charge in [-0.2, -0.15) is 0 Å². The zero-order valence-electron chi connectivity index (χ0n) is 13.0. The zero-order chi connectivity index (χ0) is 17.1. The van der Waals surface area contributed by atoms with Crippen LogP contribution in [0.1, 0.15) is 16.8 Å². The number of halogens is 2. The van der Waals surface area contributed by atoms with E-state index in [2.05, 4.69) is 4.98 Å². The summed E-state index contributed by atoms with van der Waals surface area (Å²) in [6.45, 7) is 1.11. The van der Waals surface area contributed by atoms with Crippen molar-refractivity contribution in [2.75, 3.05) is 25.2 Å². The maximum Gasteiger partial charge on any atom is 0.258 e. The molecule has 1 aromatic heterocycles. The predicted molar refractivity (Wildman–Crippen MR) is 83.2 cm³/mol. The van der Waals surface area contributed by atoms with Gasteiger partial charge in [0.1, 0.15) is 17.7 Å². The molecule has 2 aromatic rings. The van der Waals surface area contributed by atoms with Gasteiger partial charge >= 0.3 is 0 Å². The van der Waals surface area contributed by atoms with Crippen molar-refractivity contribution in [3.8, 4) is 5.88 Å². The first kappa shape index (κ1) is 16.3. The summed E-state index contributed by atoms with van der Waals surface area (Å²) in [6, 6.07) is 5.93. The second kappa shape index (κ2) is 6.92. The Morgan fingerprint density at radius 3 is 2.92 bits per heavy atom. The fourth-order valence-electron chi connectivity index (χ4n) is 2.43. The number of aromatic nitrogens is 1. The molecule has 126 valence electrons. The highest BCUT2D eigenvalue weighted by Crippen LogP contribution is 2.22. The predicted octanol–water partition coefficient (Wildman–Crippen LogP) is 2.80. The van der Waals surface area contributed by atoms with E-state index in [1.54, 1.807) is 0 Å². The summed E-state index contributed by atoms with van der Waals surface area (Å²) in [5.41, 5.74) is 0.133. The molecule has 0 unspecified atom stereocenters. The number of carbonyl (C=O) groups excluding carboxylic acids is 1. The Labute approximate surface area is 137 Å². The molecule has 2 heterocycles. The van der Waals surface area contributed by atoms with Crippen molar-refractivity contribution in [1.82, 2.24) is 4.98 Å². The van der Waals surface area contributed by atoms with Crippen LogP contribution in [-0.2, 0) is 4.74 Å². The summed E-state index contributed by atoms with van der Waals surface area (Å²) in [5.74, 6) is -1.49. The van der Waals surface area contributed by atoms with Crippen LogP contribution in [0.5, 0.6) is 5.88 Å². The Bertz CT molecular complexity index is 748. The summed E-state index contributed by atoms with van der Waals surface area (Å²) < 4.78 is 38.0. The molecule has 0 aliphatic carbocycles. The quantitative estimate of drug-likeness (QED) is 0.863. The van der Waals surface area contributed by atoms with Crippen LogP contribution in [0.25, 0.3) is 0 Å². The van der Waals surface area contributed by atoms with E-state index < -0.39 is 17.5 Å². The third kappa shape index (κ3) is 3.51. The first-order valence-corrected chi connectivity index (χ1v) is 7.48. The maximum absolute atomic E-state index is 13.8. The molecule has 24 heavy (non-hydrogen) atoms. The Hall–Kier alpha value is -2.54. The molecule has 0 spiro atoms.